The minimum atomic E-state index is -0.598. The van der Waals surface area contributed by atoms with Crippen LogP contribution in [0.1, 0.15) is 43.4 Å². The first-order valence-electron chi connectivity index (χ1n) is 8.98. The molecule has 2 heterocycles. The van der Waals surface area contributed by atoms with Crippen molar-refractivity contribution in [2.24, 2.45) is 0 Å². The summed E-state index contributed by atoms with van der Waals surface area (Å²) in [5.74, 6) is 0.771. The first kappa shape index (κ1) is 17.8. The maximum atomic E-state index is 12.9. The number of pyridine rings is 1. The molecular weight excluding hydrogens is 317 g/mol. The lowest BCUT2D eigenvalue weighted by molar-refractivity contribution is 0.153. The van der Waals surface area contributed by atoms with Crippen molar-refractivity contribution in [2.75, 3.05) is 18.0 Å². The molecule has 0 spiro atoms. The van der Waals surface area contributed by atoms with Crippen molar-refractivity contribution in [3.05, 3.63) is 59.5 Å². The number of hydrogen-bond acceptors (Lipinski definition) is 4. The third-order valence-electron chi connectivity index (χ3n) is 4.73. The van der Waals surface area contributed by atoms with Crippen LogP contribution in [0.4, 0.5) is 10.2 Å². The zero-order chi connectivity index (χ0) is 17.6. The molecule has 2 unspecified atom stereocenters. The predicted molar refractivity (Wildman–Crippen MR) is 98.0 cm³/mol. The average Bonchev–Trinajstić information content (AvgIpc) is 3.15. The highest BCUT2D eigenvalue weighted by Gasteiger charge is 2.14. The Bertz CT molecular complexity index is 654. The largest absolute Gasteiger partial charge is 0.388 e. The number of hydrogen-bond donors (Lipinski definition) is 2. The van der Waals surface area contributed by atoms with Gasteiger partial charge in [-0.2, -0.15) is 0 Å². The molecular formula is C20H26FN3O. The van der Waals surface area contributed by atoms with E-state index in [0.29, 0.717) is 13.0 Å². The van der Waals surface area contributed by atoms with E-state index in [1.165, 1.54) is 25.0 Å². The second-order valence-electron chi connectivity index (χ2n) is 6.80. The third kappa shape index (κ3) is 5.00. The molecule has 0 amide bonds. The summed E-state index contributed by atoms with van der Waals surface area (Å²) in [6, 6.07) is 10.4. The summed E-state index contributed by atoms with van der Waals surface area (Å²) < 4.78 is 12.9. The Balaban J connectivity index is 1.46. The van der Waals surface area contributed by atoms with Crippen molar-refractivity contribution >= 4 is 5.82 Å². The molecule has 3 rings (SSSR count). The van der Waals surface area contributed by atoms with E-state index >= 15 is 0 Å². The second-order valence-corrected chi connectivity index (χ2v) is 6.80. The van der Waals surface area contributed by atoms with Gasteiger partial charge in [0.2, 0.25) is 0 Å². The van der Waals surface area contributed by atoms with Gasteiger partial charge in [-0.3, -0.25) is 0 Å². The number of nitrogens with zero attached hydrogens (tertiary/aromatic N) is 2. The van der Waals surface area contributed by atoms with Gasteiger partial charge in [0.05, 0.1) is 6.10 Å². The van der Waals surface area contributed by atoms with Crippen LogP contribution in [-0.2, 0) is 6.54 Å². The maximum absolute atomic E-state index is 12.9. The monoisotopic (exact) mass is 343 g/mol. The Hall–Kier alpha value is -1.98. The van der Waals surface area contributed by atoms with Crippen LogP contribution in [0, 0.1) is 5.82 Å². The normalized spacial score (nSPS) is 16.8. The fraction of sp³-hybridized carbons (Fsp3) is 0.450. The zero-order valence-electron chi connectivity index (χ0n) is 14.7. The number of benzene rings is 1. The summed E-state index contributed by atoms with van der Waals surface area (Å²) in [6.07, 6.45) is 4.39. The van der Waals surface area contributed by atoms with Crippen LogP contribution in [0.25, 0.3) is 0 Å². The van der Waals surface area contributed by atoms with Gasteiger partial charge in [0, 0.05) is 31.9 Å². The molecule has 0 saturated carbocycles. The lowest BCUT2D eigenvalue weighted by atomic mass is 10.0. The molecule has 2 atom stereocenters. The van der Waals surface area contributed by atoms with Crippen LogP contribution in [0.5, 0.6) is 0 Å². The van der Waals surface area contributed by atoms with E-state index in [-0.39, 0.29) is 11.9 Å². The van der Waals surface area contributed by atoms with E-state index in [1.54, 1.807) is 12.1 Å². The van der Waals surface area contributed by atoms with E-state index in [1.807, 2.05) is 13.1 Å². The van der Waals surface area contributed by atoms with Crippen LogP contribution < -0.4 is 10.2 Å². The van der Waals surface area contributed by atoms with Gasteiger partial charge in [-0.1, -0.05) is 18.2 Å². The van der Waals surface area contributed by atoms with Gasteiger partial charge in [0.15, 0.2) is 0 Å². The Kier molecular flexibility index (Phi) is 6.00. The molecule has 1 saturated heterocycles. The second kappa shape index (κ2) is 8.41. The lowest BCUT2D eigenvalue weighted by Crippen LogP contribution is -2.27. The van der Waals surface area contributed by atoms with Crippen LogP contribution >= 0.6 is 0 Å². The standard InChI is InChI=1S/C20H26FN3O/c1-15(12-19(25)17-5-7-18(21)8-6-17)22-13-16-4-9-20(23-14-16)24-10-2-3-11-24/h4-9,14-15,19,22,25H,2-3,10-13H2,1H3. The highest BCUT2D eigenvalue weighted by atomic mass is 19.1. The minimum absolute atomic E-state index is 0.137. The summed E-state index contributed by atoms with van der Waals surface area (Å²) in [6.45, 7) is 4.95. The Labute approximate surface area is 148 Å². The molecule has 2 N–H and O–H groups in total. The van der Waals surface area contributed by atoms with Crippen molar-refractivity contribution in [1.29, 1.82) is 0 Å². The van der Waals surface area contributed by atoms with Gasteiger partial charge in [0.25, 0.3) is 0 Å². The molecule has 5 heteroatoms. The summed E-state index contributed by atoms with van der Waals surface area (Å²) in [5.41, 5.74) is 1.87. The van der Waals surface area contributed by atoms with Crippen molar-refractivity contribution in [1.82, 2.24) is 10.3 Å². The van der Waals surface area contributed by atoms with Gasteiger partial charge >= 0.3 is 0 Å². The van der Waals surface area contributed by atoms with E-state index in [4.69, 9.17) is 0 Å². The van der Waals surface area contributed by atoms with Crippen molar-refractivity contribution in [3.8, 4) is 0 Å². The molecule has 0 radical (unpaired) electrons. The highest BCUT2D eigenvalue weighted by Crippen LogP contribution is 2.20. The topological polar surface area (TPSA) is 48.4 Å². The number of anilines is 1. The molecule has 1 aliphatic rings. The summed E-state index contributed by atoms with van der Waals surface area (Å²) in [5, 5.41) is 13.7. The van der Waals surface area contributed by atoms with Crippen molar-refractivity contribution < 1.29 is 9.50 Å². The van der Waals surface area contributed by atoms with Crippen LogP contribution in [-0.4, -0.2) is 29.2 Å². The Morgan fingerprint density at radius 2 is 1.88 bits per heavy atom. The maximum Gasteiger partial charge on any atom is 0.128 e. The van der Waals surface area contributed by atoms with E-state index < -0.39 is 6.10 Å². The average molecular weight is 343 g/mol. The zero-order valence-corrected chi connectivity index (χ0v) is 14.7. The molecule has 4 nitrogen and oxygen atoms in total. The van der Waals surface area contributed by atoms with Crippen LogP contribution in [0.2, 0.25) is 0 Å². The summed E-state index contributed by atoms with van der Waals surface area (Å²) in [7, 11) is 0. The number of halogens is 1. The molecule has 0 bridgehead atoms. The van der Waals surface area contributed by atoms with Gasteiger partial charge in [-0.15, -0.1) is 0 Å². The third-order valence-corrected chi connectivity index (χ3v) is 4.73. The quantitative estimate of drug-likeness (QED) is 0.809. The molecule has 2 aromatic rings. The molecule has 1 fully saturated rings. The van der Waals surface area contributed by atoms with Gasteiger partial charge in [-0.25, -0.2) is 9.37 Å². The van der Waals surface area contributed by atoms with E-state index in [2.05, 4.69) is 27.3 Å². The molecule has 134 valence electrons. The number of aliphatic hydroxyl groups excluding tert-OH is 1. The van der Waals surface area contributed by atoms with Gasteiger partial charge in [0.1, 0.15) is 11.6 Å². The summed E-state index contributed by atoms with van der Waals surface area (Å²) >= 11 is 0. The van der Waals surface area contributed by atoms with Crippen molar-refractivity contribution in [3.63, 3.8) is 0 Å². The molecule has 1 aromatic heterocycles. The van der Waals surface area contributed by atoms with E-state index in [9.17, 15) is 9.50 Å². The smallest absolute Gasteiger partial charge is 0.128 e. The van der Waals surface area contributed by atoms with Gasteiger partial charge in [-0.05, 0) is 55.5 Å². The molecule has 25 heavy (non-hydrogen) atoms. The number of aliphatic hydroxyl groups is 1. The van der Waals surface area contributed by atoms with Crippen LogP contribution in [0.15, 0.2) is 42.6 Å². The fourth-order valence-corrected chi connectivity index (χ4v) is 3.19. The summed E-state index contributed by atoms with van der Waals surface area (Å²) in [4.78, 5) is 6.87. The molecule has 1 aliphatic heterocycles. The van der Waals surface area contributed by atoms with Crippen molar-refractivity contribution in [2.45, 2.75) is 44.9 Å². The first-order chi connectivity index (χ1) is 12.1. The fourth-order valence-electron chi connectivity index (χ4n) is 3.19. The Morgan fingerprint density at radius 1 is 1.16 bits per heavy atom. The molecule has 1 aromatic carbocycles. The lowest BCUT2D eigenvalue weighted by Gasteiger charge is -2.19. The van der Waals surface area contributed by atoms with Gasteiger partial charge < -0.3 is 15.3 Å². The van der Waals surface area contributed by atoms with Crippen LogP contribution in [0.3, 0.4) is 0 Å². The number of aromatic nitrogens is 1. The first-order valence-corrected chi connectivity index (χ1v) is 8.98. The Morgan fingerprint density at radius 3 is 2.52 bits per heavy atom. The number of nitrogens with one attached hydrogen (secondary N) is 1. The SMILES string of the molecule is CC(CC(O)c1ccc(F)cc1)NCc1ccc(N2CCCC2)nc1. The number of rotatable bonds is 7. The predicted octanol–water partition coefficient (Wildman–Crippen LogP) is 3.42. The molecule has 0 aliphatic carbocycles. The van der Waals surface area contributed by atoms with E-state index in [0.717, 1.165) is 30.0 Å². The minimum Gasteiger partial charge on any atom is -0.388 e. The highest BCUT2D eigenvalue weighted by molar-refractivity contribution is 5.40.